The Balaban J connectivity index is 1.64. The fourth-order valence-corrected chi connectivity index (χ4v) is 4.39. The topological polar surface area (TPSA) is 58.6 Å². The highest BCUT2D eigenvalue weighted by Gasteiger charge is 2.53. The second-order valence-corrected chi connectivity index (χ2v) is 8.05. The van der Waals surface area contributed by atoms with E-state index in [1.54, 1.807) is 6.07 Å². The lowest BCUT2D eigenvalue weighted by Gasteiger charge is -2.41. The first-order valence-corrected chi connectivity index (χ1v) is 10.4. The normalized spacial score (nSPS) is 20.4. The van der Waals surface area contributed by atoms with E-state index in [-0.39, 0.29) is 17.9 Å². The highest BCUT2D eigenvalue weighted by Crippen LogP contribution is 2.42. The number of amides is 2. The molecule has 9 heteroatoms. The number of anilines is 1. The Kier molecular flexibility index (Phi) is 5.94. The Morgan fingerprint density at radius 3 is 2.28 bits per heavy atom. The summed E-state index contributed by atoms with van der Waals surface area (Å²) in [5.41, 5.74) is -1.87. The standard InChI is InChI=1S/C23H22F4N2O3/c24-17-6-2-3-7-18(17)28-20(30)19-14-32-22(12-4-1-5-13-22)29(19)21(31)15-8-10-16(11-9-15)23(25,26)27/h2-3,6-11,19H,1,4-5,12-14H2,(H,28,30). The minimum absolute atomic E-state index is 0.0241. The first-order chi connectivity index (χ1) is 15.2. The van der Waals surface area contributed by atoms with Gasteiger partial charge in [0.2, 0.25) is 5.91 Å². The van der Waals surface area contributed by atoms with Gasteiger partial charge in [-0.05, 0) is 62.1 Å². The molecule has 170 valence electrons. The van der Waals surface area contributed by atoms with Crippen molar-refractivity contribution in [3.8, 4) is 0 Å². The van der Waals surface area contributed by atoms with Crippen LogP contribution in [0.3, 0.4) is 0 Å². The van der Waals surface area contributed by atoms with Gasteiger partial charge in [-0.15, -0.1) is 0 Å². The SMILES string of the molecule is O=C(Nc1ccccc1F)C1COC2(CCCCC2)N1C(=O)c1ccc(C(F)(F)F)cc1. The Hall–Kier alpha value is -2.94. The fourth-order valence-electron chi connectivity index (χ4n) is 4.39. The Morgan fingerprint density at radius 1 is 1.00 bits per heavy atom. The van der Waals surface area contributed by atoms with Gasteiger partial charge in [0.15, 0.2) is 0 Å². The molecule has 4 rings (SSSR count). The van der Waals surface area contributed by atoms with Gasteiger partial charge in [0, 0.05) is 5.56 Å². The first-order valence-electron chi connectivity index (χ1n) is 10.4. The molecule has 1 atom stereocenters. The summed E-state index contributed by atoms with van der Waals surface area (Å²) in [6, 6.07) is 8.51. The zero-order valence-corrected chi connectivity index (χ0v) is 17.1. The molecule has 0 radical (unpaired) electrons. The maximum atomic E-state index is 14.0. The smallest absolute Gasteiger partial charge is 0.353 e. The van der Waals surface area contributed by atoms with Gasteiger partial charge >= 0.3 is 6.18 Å². The highest BCUT2D eigenvalue weighted by molar-refractivity contribution is 6.02. The molecule has 1 unspecified atom stereocenters. The number of halogens is 4. The number of nitrogens with one attached hydrogen (secondary N) is 1. The van der Waals surface area contributed by atoms with Gasteiger partial charge in [-0.2, -0.15) is 13.2 Å². The molecule has 1 heterocycles. The van der Waals surface area contributed by atoms with Crippen molar-refractivity contribution in [3.05, 3.63) is 65.5 Å². The zero-order valence-electron chi connectivity index (χ0n) is 17.1. The van der Waals surface area contributed by atoms with Gasteiger partial charge in [0.1, 0.15) is 17.6 Å². The number of alkyl halides is 3. The van der Waals surface area contributed by atoms with E-state index < -0.39 is 41.1 Å². The number of rotatable bonds is 3. The summed E-state index contributed by atoms with van der Waals surface area (Å²) in [4.78, 5) is 27.8. The molecular formula is C23H22F4N2O3. The van der Waals surface area contributed by atoms with Gasteiger partial charge < -0.3 is 10.1 Å². The number of nitrogens with zero attached hydrogens (tertiary/aromatic N) is 1. The summed E-state index contributed by atoms with van der Waals surface area (Å²) in [5, 5.41) is 2.50. The van der Waals surface area contributed by atoms with E-state index in [1.165, 1.54) is 23.1 Å². The summed E-state index contributed by atoms with van der Waals surface area (Å²) in [5.74, 6) is -1.82. The minimum Gasteiger partial charge on any atom is -0.353 e. The maximum Gasteiger partial charge on any atom is 0.416 e. The van der Waals surface area contributed by atoms with Crippen LogP contribution in [-0.4, -0.2) is 35.1 Å². The number of hydrogen-bond donors (Lipinski definition) is 1. The third-order valence-corrected chi connectivity index (χ3v) is 6.01. The van der Waals surface area contributed by atoms with Crippen molar-refractivity contribution < 1.29 is 31.9 Å². The van der Waals surface area contributed by atoms with E-state index in [4.69, 9.17) is 4.74 Å². The van der Waals surface area contributed by atoms with Crippen molar-refractivity contribution in [2.45, 2.75) is 50.0 Å². The van der Waals surface area contributed by atoms with E-state index in [2.05, 4.69) is 5.32 Å². The quantitative estimate of drug-likeness (QED) is 0.671. The van der Waals surface area contributed by atoms with E-state index >= 15 is 0 Å². The largest absolute Gasteiger partial charge is 0.416 e. The summed E-state index contributed by atoms with van der Waals surface area (Å²) < 4.78 is 58.8. The number of hydrogen-bond acceptors (Lipinski definition) is 3. The molecule has 2 aromatic rings. The molecule has 1 saturated carbocycles. The van der Waals surface area contributed by atoms with Crippen LogP contribution in [-0.2, 0) is 15.7 Å². The lowest BCUT2D eigenvalue weighted by molar-refractivity contribution is -0.137. The van der Waals surface area contributed by atoms with Gasteiger partial charge in [0.25, 0.3) is 5.91 Å². The third-order valence-electron chi connectivity index (χ3n) is 6.01. The number of benzene rings is 2. The summed E-state index contributed by atoms with van der Waals surface area (Å²) in [7, 11) is 0. The van der Waals surface area contributed by atoms with Crippen molar-refractivity contribution >= 4 is 17.5 Å². The minimum atomic E-state index is -4.52. The molecule has 1 N–H and O–H groups in total. The van der Waals surface area contributed by atoms with Crippen LogP contribution in [0.1, 0.15) is 48.0 Å². The Labute approximate surface area is 182 Å². The number of carbonyl (C=O) groups excluding carboxylic acids is 2. The maximum absolute atomic E-state index is 14.0. The van der Waals surface area contributed by atoms with Gasteiger partial charge in [-0.25, -0.2) is 4.39 Å². The lowest BCUT2D eigenvalue weighted by Crippen LogP contribution is -2.55. The van der Waals surface area contributed by atoms with Crippen LogP contribution in [0.5, 0.6) is 0 Å². The predicted molar refractivity (Wildman–Crippen MR) is 108 cm³/mol. The van der Waals surface area contributed by atoms with E-state index in [1.807, 2.05) is 0 Å². The molecule has 1 aliphatic heterocycles. The molecule has 0 aromatic heterocycles. The Bertz CT molecular complexity index is 1000. The van der Waals surface area contributed by atoms with Gasteiger partial charge in [-0.1, -0.05) is 18.6 Å². The summed E-state index contributed by atoms with van der Waals surface area (Å²) in [6.45, 7) is -0.0767. The van der Waals surface area contributed by atoms with Gasteiger partial charge in [0.05, 0.1) is 17.9 Å². The van der Waals surface area contributed by atoms with Crippen LogP contribution in [0.15, 0.2) is 48.5 Å². The molecule has 0 bridgehead atoms. The van der Waals surface area contributed by atoms with E-state index in [0.29, 0.717) is 12.8 Å². The molecule has 1 spiro atoms. The fraction of sp³-hybridized carbons (Fsp3) is 0.391. The molecule has 5 nitrogen and oxygen atoms in total. The monoisotopic (exact) mass is 450 g/mol. The molecule has 2 fully saturated rings. The van der Waals surface area contributed by atoms with Crippen molar-refractivity contribution in [1.82, 2.24) is 4.90 Å². The number of ether oxygens (including phenoxy) is 1. The zero-order chi connectivity index (χ0) is 22.9. The highest BCUT2D eigenvalue weighted by atomic mass is 19.4. The Morgan fingerprint density at radius 2 is 1.66 bits per heavy atom. The van der Waals surface area contributed by atoms with Gasteiger partial charge in [-0.3, -0.25) is 14.5 Å². The second kappa shape index (κ2) is 8.54. The predicted octanol–water partition coefficient (Wildman–Crippen LogP) is 4.98. The van der Waals surface area contributed by atoms with Crippen LogP contribution >= 0.6 is 0 Å². The molecular weight excluding hydrogens is 428 g/mol. The van der Waals surface area contributed by atoms with Crippen molar-refractivity contribution in [3.63, 3.8) is 0 Å². The third kappa shape index (κ3) is 4.21. The first kappa shape index (κ1) is 22.3. The van der Waals surface area contributed by atoms with Crippen molar-refractivity contribution in [2.24, 2.45) is 0 Å². The molecule has 2 aromatic carbocycles. The van der Waals surface area contributed by atoms with Crippen LogP contribution in [0, 0.1) is 5.82 Å². The number of carbonyl (C=O) groups is 2. The van der Waals surface area contributed by atoms with Crippen molar-refractivity contribution in [1.29, 1.82) is 0 Å². The average molecular weight is 450 g/mol. The molecule has 1 aliphatic carbocycles. The molecule has 2 aliphatic rings. The van der Waals surface area contributed by atoms with Crippen molar-refractivity contribution in [2.75, 3.05) is 11.9 Å². The van der Waals surface area contributed by atoms with E-state index in [0.717, 1.165) is 43.5 Å². The molecule has 1 saturated heterocycles. The summed E-state index contributed by atoms with van der Waals surface area (Å²) >= 11 is 0. The van der Waals surface area contributed by atoms with E-state index in [9.17, 15) is 27.2 Å². The molecule has 32 heavy (non-hydrogen) atoms. The van der Waals surface area contributed by atoms with Crippen LogP contribution in [0.25, 0.3) is 0 Å². The van der Waals surface area contributed by atoms with Crippen LogP contribution < -0.4 is 5.32 Å². The number of para-hydroxylation sites is 1. The molecule has 2 amide bonds. The van der Waals surface area contributed by atoms with Crippen LogP contribution in [0.2, 0.25) is 0 Å². The van der Waals surface area contributed by atoms with Crippen LogP contribution in [0.4, 0.5) is 23.2 Å². The second-order valence-electron chi connectivity index (χ2n) is 8.05. The average Bonchev–Trinajstić information content (AvgIpc) is 3.13. The lowest BCUT2D eigenvalue weighted by atomic mass is 9.89. The summed E-state index contributed by atoms with van der Waals surface area (Å²) in [6.07, 6.45) is -0.951.